The molecule has 0 aliphatic heterocycles. The molecule has 8 atom stereocenters. The molecule has 4 saturated carbocycles. The molecule has 4 fully saturated rings. The van der Waals surface area contributed by atoms with E-state index in [1.807, 2.05) is 0 Å². The molecular weight excluding hydrogens is 324 g/mol. The van der Waals surface area contributed by atoms with Gasteiger partial charge in [0.1, 0.15) is 0 Å². The summed E-state index contributed by atoms with van der Waals surface area (Å²) in [5.41, 5.74) is 1.37. The lowest BCUT2D eigenvalue weighted by Crippen LogP contribution is -2.53. The summed E-state index contributed by atoms with van der Waals surface area (Å²) in [5, 5.41) is 0. The van der Waals surface area contributed by atoms with Gasteiger partial charge >= 0.3 is 0 Å². The third-order valence-corrected chi connectivity index (χ3v) is 10.7. The van der Waals surface area contributed by atoms with Crippen LogP contribution in [0, 0.1) is 46.3 Å². The molecule has 0 heterocycles. The van der Waals surface area contributed by atoms with Crippen LogP contribution in [0.1, 0.15) is 111 Å². The Labute approximate surface area is 170 Å². The van der Waals surface area contributed by atoms with Gasteiger partial charge in [-0.1, -0.05) is 52.5 Å². The van der Waals surface area contributed by atoms with Gasteiger partial charge in [-0.15, -0.1) is 6.58 Å². The number of rotatable bonds is 6. The zero-order valence-electron chi connectivity index (χ0n) is 18.6. The standard InChI is InChI=1S/C27H46/c1-5-6-7-8-11-20(2)23-15-16-24-22-14-13-21-12-9-10-18-26(21,3)25(22)17-19-27(23,24)4/h5,20-25H,1,6-19H2,2-4H3/t20-,21?,22?,23?,24?,25?,26?,27?/m1/s1. The molecule has 0 N–H and O–H groups in total. The topological polar surface area (TPSA) is 0 Å². The number of hydrogen-bond acceptors (Lipinski definition) is 0. The number of fused-ring (bicyclic) bond motifs is 5. The SMILES string of the molecule is C=CCCCC[C@@H](C)C1CCC2C3CCC4CCCCC4(C)C3CCC21C. The van der Waals surface area contributed by atoms with E-state index in [1.54, 1.807) is 44.9 Å². The van der Waals surface area contributed by atoms with E-state index in [9.17, 15) is 0 Å². The van der Waals surface area contributed by atoms with E-state index in [1.165, 1.54) is 44.9 Å². The van der Waals surface area contributed by atoms with E-state index in [4.69, 9.17) is 0 Å². The first-order valence-electron chi connectivity index (χ1n) is 12.6. The van der Waals surface area contributed by atoms with E-state index < -0.39 is 0 Å². The molecule has 0 heteroatoms. The van der Waals surface area contributed by atoms with Gasteiger partial charge in [-0.3, -0.25) is 0 Å². The second kappa shape index (κ2) is 7.87. The minimum atomic E-state index is 0.664. The Balaban J connectivity index is 1.45. The third kappa shape index (κ3) is 3.36. The van der Waals surface area contributed by atoms with Crippen molar-refractivity contribution in [2.75, 3.05) is 0 Å². The average Bonchev–Trinajstić information content (AvgIpc) is 3.02. The van der Waals surface area contributed by atoms with Crippen molar-refractivity contribution in [1.29, 1.82) is 0 Å². The first-order chi connectivity index (χ1) is 13.0. The zero-order valence-corrected chi connectivity index (χ0v) is 18.6. The number of unbranched alkanes of at least 4 members (excludes halogenated alkanes) is 2. The molecule has 0 aromatic heterocycles. The summed E-state index contributed by atoms with van der Waals surface area (Å²) in [4.78, 5) is 0. The highest BCUT2D eigenvalue weighted by Crippen LogP contribution is 2.68. The van der Waals surface area contributed by atoms with Gasteiger partial charge in [0.25, 0.3) is 0 Å². The molecule has 154 valence electrons. The first-order valence-corrected chi connectivity index (χ1v) is 12.6. The monoisotopic (exact) mass is 370 g/mol. The lowest BCUT2D eigenvalue weighted by Gasteiger charge is -2.61. The van der Waals surface area contributed by atoms with Crippen molar-refractivity contribution in [2.45, 2.75) is 111 Å². The van der Waals surface area contributed by atoms with Crippen LogP contribution in [0.4, 0.5) is 0 Å². The molecule has 0 nitrogen and oxygen atoms in total. The lowest BCUT2D eigenvalue weighted by atomic mass is 9.44. The molecular formula is C27H46. The van der Waals surface area contributed by atoms with Crippen LogP contribution >= 0.6 is 0 Å². The van der Waals surface area contributed by atoms with Crippen LogP contribution in [0.2, 0.25) is 0 Å². The highest BCUT2D eigenvalue weighted by molar-refractivity contribution is 5.09. The van der Waals surface area contributed by atoms with Gasteiger partial charge in [-0.2, -0.15) is 0 Å². The van der Waals surface area contributed by atoms with E-state index in [0.717, 1.165) is 35.5 Å². The van der Waals surface area contributed by atoms with Crippen LogP contribution < -0.4 is 0 Å². The van der Waals surface area contributed by atoms with Crippen molar-refractivity contribution >= 4 is 0 Å². The van der Waals surface area contributed by atoms with Gasteiger partial charge in [0.2, 0.25) is 0 Å². The van der Waals surface area contributed by atoms with Gasteiger partial charge in [-0.05, 0) is 111 Å². The molecule has 0 aromatic carbocycles. The maximum Gasteiger partial charge on any atom is -0.0264 e. The lowest BCUT2D eigenvalue weighted by molar-refractivity contribution is -0.114. The zero-order chi connectivity index (χ0) is 19.1. The van der Waals surface area contributed by atoms with Crippen LogP contribution in [-0.2, 0) is 0 Å². The van der Waals surface area contributed by atoms with Crippen molar-refractivity contribution in [3.05, 3.63) is 12.7 Å². The van der Waals surface area contributed by atoms with Crippen LogP contribution in [0.3, 0.4) is 0 Å². The van der Waals surface area contributed by atoms with Gasteiger partial charge < -0.3 is 0 Å². The maximum atomic E-state index is 3.89. The molecule has 0 spiro atoms. The average molecular weight is 371 g/mol. The Bertz CT molecular complexity index is 520. The van der Waals surface area contributed by atoms with Crippen molar-refractivity contribution in [3.8, 4) is 0 Å². The fraction of sp³-hybridized carbons (Fsp3) is 0.926. The van der Waals surface area contributed by atoms with E-state index in [0.29, 0.717) is 10.8 Å². The molecule has 0 aromatic rings. The maximum absolute atomic E-state index is 3.89. The highest BCUT2D eigenvalue weighted by Gasteiger charge is 2.59. The van der Waals surface area contributed by atoms with E-state index in [-0.39, 0.29) is 0 Å². The van der Waals surface area contributed by atoms with Gasteiger partial charge in [0, 0.05) is 0 Å². The molecule has 0 radical (unpaired) electrons. The fourth-order valence-corrected chi connectivity index (χ4v) is 9.23. The number of hydrogen-bond donors (Lipinski definition) is 0. The first kappa shape index (κ1) is 20.0. The largest absolute Gasteiger partial charge is 0.103 e. The van der Waals surface area contributed by atoms with E-state index in [2.05, 4.69) is 33.4 Å². The van der Waals surface area contributed by atoms with Crippen molar-refractivity contribution in [3.63, 3.8) is 0 Å². The predicted molar refractivity (Wildman–Crippen MR) is 118 cm³/mol. The van der Waals surface area contributed by atoms with E-state index >= 15 is 0 Å². The third-order valence-electron chi connectivity index (χ3n) is 10.7. The molecule has 7 unspecified atom stereocenters. The van der Waals surface area contributed by atoms with Gasteiger partial charge in [0.05, 0.1) is 0 Å². The molecule has 27 heavy (non-hydrogen) atoms. The summed E-state index contributed by atoms with van der Waals surface area (Å²) in [6, 6.07) is 0. The minimum absolute atomic E-state index is 0.664. The normalized spacial score (nSPS) is 47.6. The Morgan fingerprint density at radius 2 is 1.70 bits per heavy atom. The molecule has 4 rings (SSSR count). The van der Waals surface area contributed by atoms with Crippen LogP contribution in [0.15, 0.2) is 12.7 Å². The Morgan fingerprint density at radius 3 is 2.52 bits per heavy atom. The molecule has 4 aliphatic rings. The number of allylic oxidation sites excluding steroid dienone is 1. The Kier molecular flexibility index (Phi) is 5.84. The summed E-state index contributed by atoms with van der Waals surface area (Å²) in [7, 11) is 0. The summed E-state index contributed by atoms with van der Waals surface area (Å²) >= 11 is 0. The molecule has 4 aliphatic carbocycles. The Morgan fingerprint density at radius 1 is 0.889 bits per heavy atom. The molecule has 0 bridgehead atoms. The second-order valence-electron chi connectivity index (χ2n) is 11.7. The van der Waals surface area contributed by atoms with Gasteiger partial charge in [0.15, 0.2) is 0 Å². The summed E-state index contributed by atoms with van der Waals surface area (Å²) in [6.45, 7) is 12.0. The van der Waals surface area contributed by atoms with Crippen LogP contribution in [-0.4, -0.2) is 0 Å². The highest BCUT2D eigenvalue weighted by atomic mass is 14.6. The van der Waals surface area contributed by atoms with Crippen molar-refractivity contribution < 1.29 is 0 Å². The molecule has 0 amide bonds. The van der Waals surface area contributed by atoms with Crippen molar-refractivity contribution in [2.24, 2.45) is 46.3 Å². The molecule has 0 saturated heterocycles. The Hall–Kier alpha value is -0.260. The van der Waals surface area contributed by atoms with Crippen LogP contribution in [0.25, 0.3) is 0 Å². The minimum Gasteiger partial charge on any atom is -0.103 e. The summed E-state index contributed by atoms with van der Waals surface area (Å²) < 4.78 is 0. The fourth-order valence-electron chi connectivity index (χ4n) is 9.23. The van der Waals surface area contributed by atoms with Crippen molar-refractivity contribution in [1.82, 2.24) is 0 Å². The predicted octanol–water partition coefficient (Wildman–Crippen LogP) is 8.42. The quantitative estimate of drug-likeness (QED) is 0.325. The smallest absolute Gasteiger partial charge is 0.0264 e. The summed E-state index contributed by atoms with van der Waals surface area (Å²) in [5.74, 6) is 6.19. The van der Waals surface area contributed by atoms with Crippen LogP contribution in [0.5, 0.6) is 0 Å². The van der Waals surface area contributed by atoms with Gasteiger partial charge in [-0.25, -0.2) is 0 Å². The second-order valence-corrected chi connectivity index (χ2v) is 11.7. The summed E-state index contributed by atoms with van der Waals surface area (Å²) in [6.07, 6.45) is 23.0.